The highest BCUT2D eigenvalue weighted by Gasteiger charge is 2.34. The molecule has 0 spiro atoms. The van der Waals surface area contributed by atoms with Gasteiger partial charge < -0.3 is 10.5 Å². The molecule has 1 heterocycles. The van der Waals surface area contributed by atoms with Gasteiger partial charge in [0.2, 0.25) is 0 Å². The van der Waals surface area contributed by atoms with Crippen molar-refractivity contribution >= 4 is 0 Å². The standard InChI is InChI=1S/C13H28N2O/c1-11-5-7-15(9-12(11)2)13(3,10-14)6-8-16-4/h11-12H,5-10,14H2,1-4H3. The van der Waals surface area contributed by atoms with Crippen molar-refractivity contribution in [3.05, 3.63) is 0 Å². The minimum atomic E-state index is 0.115. The van der Waals surface area contributed by atoms with Gasteiger partial charge in [0.15, 0.2) is 0 Å². The summed E-state index contributed by atoms with van der Waals surface area (Å²) in [5.41, 5.74) is 6.08. The molecular formula is C13H28N2O. The molecule has 0 aromatic heterocycles. The normalized spacial score (nSPS) is 31.3. The van der Waals surface area contributed by atoms with E-state index in [1.807, 2.05) is 0 Å². The van der Waals surface area contributed by atoms with Crippen LogP contribution in [0, 0.1) is 11.8 Å². The molecule has 0 aromatic carbocycles. The first kappa shape index (κ1) is 13.9. The van der Waals surface area contributed by atoms with E-state index in [1.54, 1.807) is 7.11 Å². The summed E-state index contributed by atoms with van der Waals surface area (Å²) in [5.74, 6) is 1.63. The van der Waals surface area contributed by atoms with Gasteiger partial charge in [0, 0.05) is 32.3 Å². The summed E-state index contributed by atoms with van der Waals surface area (Å²) in [7, 11) is 1.76. The van der Waals surface area contributed by atoms with Gasteiger partial charge in [-0.05, 0) is 38.1 Å². The lowest BCUT2D eigenvalue weighted by Crippen LogP contribution is -2.56. The molecule has 1 saturated heterocycles. The maximum atomic E-state index is 5.96. The Bertz CT molecular complexity index is 210. The van der Waals surface area contributed by atoms with Gasteiger partial charge in [-0.3, -0.25) is 4.90 Å². The summed E-state index contributed by atoms with van der Waals surface area (Å²) in [6.45, 7) is 10.9. The van der Waals surface area contributed by atoms with Gasteiger partial charge in [-0.15, -0.1) is 0 Å². The number of hydrogen-bond acceptors (Lipinski definition) is 3. The summed E-state index contributed by atoms with van der Waals surface area (Å²) in [6, 6.07) is 0. The summed E-state index contributed by atoms with van der Waals surface area (Å²) in [4.78, 5) is 2.57. The largest absolute Gasteiger partial charge is 0.385 e. The number of hydrogen-bond donors (Lipinski definition) is 1. The highest BCUT2D eigenvalue weighted by molar-refractivity contribution is 4.91. The van der Waals surface area contributed by atoms with Crippen LogP contribution in [0.3, 0.4) is 0 Å². The van der Waals surface area contributed by atoms with Crippen LogP contribution in [-0.2, 0) is 4.74 Å². The van der Waals surface area contributed by atoms with Crippen LogP contribution in [0.15, 0.2) is 0 Å². The van der Waals surface area contributed by atoms with Crippen LogP contribution in [0.25, 0.3) is 0 Å². The molecule has 1 aliphatic heterocycles. The van der Waals surface area contributed by atoms with E-state index in [2.05, 4.69) is 25.7 Å². The minimum Gasteiger partial charge on any atom is -0.385 e. The smallest absolute Gasteiger partial charge is 0.0480 e. The van der Waals surface area contributed by atoms with Gasteiger partial charge >= 0.3 is 0 Å². The Hall–Kier alpha value is -0.120. The van der Waals surface area contributed by atoms with E-state index in [0.29, 0.717) is 0 Å². The zero-order chi connectivity index (χ0) is 12.2. The molecule has 3 heteroatoms. The molecule has 1 fully saturated rings. The summed E-state index contributed by atoms with van der Waals surface area (Å²) < 4.78 is 5.20. The molecule has 0 aromatic rings. The van der Waals surface area contributed by atoms with Gasteiger partial charge in [0.05, 0.1) is 0 Å². The Kier molecular flexibility index (Phi) is 5.22. The number of nitrogens with two attached hydrogens (primary N) is 1. The third-order valence-corrected chi connectivity index (χ3v) is 4.38. The Morgan fingerprint density at radius 3 is 2.56 bits per heavy atom. The Labute approximate surface area is 100 Å². The maximum Gasteiger partial charge on any atom is 0.0480 e. The molecule has 1 aliphatic rings. The molecule has 3 nitrogen and oxygen atoms in total. The molecule has 96 valence electrons. The van der Waals surface area contributed by atoms with Gasteiger partial charge in [-0.2, -0.15) is 0 Å². The van der Waals surface area contributed by atoms with Crippen molar-refractivity contribution in [2.24, 2.45) is 17.6 Å². The molecule has 0 bridgehead atoms. The van der Waals surface area contributed by atoms with Crippen molar-refractivity contribution in [2.75, 3.05) is 33.4 Å². The molecule has 3 unspecified atom stereocenters. The average molecular weight is 228 g/mol. The van der Waals surface area contributed by atoms with Crippen LogP contribution in [0.4, 0.5) is 0 Å². The monoisotopic (exact) mass is 228 g/mol. The average Bonchev–Trinajstić information content (AvgIpc) is 2.29. The first-order chi connectivity index (χ1) is 7.53. The topological polar surface area (TPSA) is 38.5 Å². The summed E-state index contributed by atoms with van der Waals surface area (Å²) in [5, 5.41) is 0. The predicted molar refractivity (Wildman–Crippen MR) is 68.5 cm³/mol. The lowest BCUT2D eigenvalue weighted by Gasteiger charge is -2.46. The fourth-order valence-corrected chi connectivity index (χ4v) is 2.46. The minimum absolute atomic E-state index is 0.115. The van der Waals surface area contributed by atoms with Crippen molar-refractivity contribution < 1.29 is 4.74 Å². The lowest BCUT2D eigenvalue weighted by molar-refractivity contribution is 0.0208. The molecule has 1 rings (SSSR count). The van der Waals surface area contributed by atoms with E-state index in [1.165, 1.54) is 19.5 Å². The Morgan fingerprint density at radius 1 is 1.38 bits per heavy atom. The van der Waals surface area contributed by atoms with Gasteiger partial charge in [-0.1, -0.05) is 13.8 Å². The fourth-order valence-electron chi connectivity index (χ4n) is 2.46. The van der Waals surface area contributed by atoms with E-state index in [4.69, 9.17) is 10.5 Å². The third kappa shape index (κ3) is 3.19. The van der Waals surface area contributed by atoms with E-state index in [0.717, 1.165) is 31.4 Å². The lowest BCUT2D eigenvalue weighted by atomic mass is 9.84. The Morgan fingerprint density at radius 2 is 2.06 bits per heavy atom. The number of ether oxygens (including phenoxy) is 1. The first-order valence-corrected chi connectivity index (χ1v) is 6.47. The van der Waals surface area contributed by atoms with Crippen LogP contribution >= 0.6 is 0 Å². The molecule has 2 N–H and O–H groups in total. The van der Waals surface area contributed by atoms with Gasteiger partial charge in [-0.25, -0.2) is 0 Å². The predicted octanol–water partition coefficient (Wildman–Crippen LogP) is 1.72. The van der Waals surface area contributed by atoms with Crippen LogP contribution in [0.5, 0.6) is 0 Å². The Balaban J connectivity index is 2.58. The van der Waals surface area contributed by atoms with Crippen molar-refractivity contribution in [3.8, 4) is 0 Å². The van der Waals surface area contributed by atoms with Crippen LogP contribution in [0.2, 0.25) is 0 Å². The second kappa shape index (κ2) is 5.99. The first-order valence-electron chi connectivity index (χ1n) is 6.47. The number of rotatable bonds is 5. The second-order valence-electron chi connectivity index (χ2n) is 5.63. The van der Waals surface area contributed by atoms with E-state index in [9.17, 15) is 0 Å². The summed E-state index contributed by atoms with van der Waals surface area (Å²) in [6.07, 6.45) is 2.32. The third-order valence-electron chi connectivity index (χ3n) is 4.38. The van der Waals surface area contributed by atoms with E-state index < -0.39 is 0 Å². The van der Waals surface area contributed by atoms with Gasteiger partial charge in [0.25, 0.3) is 0 Å². The van der Waals surface area contributed by atoms with Crippen molar-refractivity contribution in [1.82, 2.24) is 4.90 Å². The van der Waals surface area contributed by atoms with Crippen LogP contribution in [-0.4, -0.2) is 43.8 Å². The molecule has 0 amide bonds. The zero-order valence-corrected chi connectivity index (χ0v) is 11.3. The van der Waals surface area contributed by atoms with E-state index >= 15 is 0 Å². The fraction of sp³-hybridized carbons (Fsp3) is 1.00. The highest BCUT2D eigenvalue weighted by Crippen LogP contribution is 2.29. The van der Waals surface area contributed by atoms with E-state index in [-0.39, 0.29) is 5.54 Å². The molecule has 0 aliphatic carbocycles. The molecular weight excluding hydrogens is 200 g/mol. The molecule has 16 heavy (non-hydrogen) atoms. The van der Waals surface area contributed by atoms with Crippen LogP contribution in [0.1, 0.15) is 33.6 Å². The summed E-state index contributed by atoms with van der Waals surface area (Å²) >= 11 is 0. The van der Waals surface area contributed by atoms with Gasteiger partial charge in [0.1, 0.15) is 0 Å². The number of likely N-dealkylation sites (tertiary alicyclic amines) is 1. The highest BCUT2D eigenvalue weighted by atomic mass is 16.5. The quantitative estimate of drug-likeness (QED) is 0.778. The molecule has 0 saturated carbocycles. The van der Waals surface area contributed by atoms with Crippen LogP contribution < -0.4 is 5.73 Å². The molecule has 0 radical (unpaired) electrons. The number of piperidine rings is 1. The maximum absolute atomic E-state index is 5.96. The SMILES string of the molecule is COCCC(C)(CN)N1CCC(C)C(C)C1. The zero-order valence-electron chi connectivity index (χ0n) is 11.3. The number of nitrogens with zero attached hydrogens (tertiary/aromatic N) is 1. The van der Waals surface area contributed by atoms with Crippen molar-refractivity contribution in [1.29, 1.82) is 0 Å². The van der Waals surface area contributed by atoms with Crippen molar-refractivity contribution in [3.63, 3.8) is 0 Å². The van der Waals surface area contributed by atoms with Crippen molar-refractivity contribution in [2.45, 2.75) is 39.2 Å². The molecule has 3 atom stereocenters. The number of methoxy groups -OCH3 is 1. The second-order valence-corrected chi connectivity index (χ2v) is 5.63.